The van der Waals surface area contributed by atoms with Gasteiger partial charge in [-0.3, -0.25) is 4.57 Å². The minimum atomic E-state index is -0.234. The zero-order valence-corrected chi connectivity index (χ0v) is 14.3. The Bertz CT molecular complexity index is 1190. The summed E-state index contributed by atoms with van der Waals surface area (Å²) in [6.45, 7) is 0. The lowest BCUT2D eigenvalue weighted by molar-refractivity contribution is 0.485. The number of para-hydroxylation sites is 1. The van der Waals surface area contributed by atoms with E-state index in [-0.39, 0.29) is 5.69 Å². The molecule has 5 heteroatoms. The van der Waals surface area contributed by atoms with Crippen LogP contribution in [0.2, 0.25) is 5.02 Å². The second-order valence-electron chi connectivity index (χ2n) is 6.07. The molecule has 0 atom stereocenters. The van der Waals surface area contributed by atoms with E-state index in [0.29, 0.717) is 22.2 Å². The number of ether oxygens (including phenoxy) is 1. The maximum Gasteiger partial charge on any atom is 0.331 e. The Labute approximate surface area is 154 Å². The maximum atomic E-state index is 12.9. The number of imidazole rings is 1. The second kappa shape index (κ2) is 5.64. The van der Waals surface area contributed by atoms with Crippen LogP contribution in [0.1, 0.15) is 0 Å². The molecule has 4 aromatic rings. The van der Waals surface area contributed by atoms with Gasteiger partial charge in [0.05, 0.1) is 17.1 Å². The fourth-order valence-corrected chi connectivity index (χ4v) is 3.52. The molecule has 1 N–H and O–H groups in total. The maximum absolute atomic E-state index is 12.9. The van der Waals surface area contributed by atoms with E-state index in [9.17, 15) is 4.79 Å². The summed E-state index contributed by atoms with van der Waals surface area (Å²) >= 11 is 6.20. The van der Waals surface area contributed by atoms with Crippen molar-refractivity contribution in [1.29, 1.82) is 0 Å². The van der Waals surface area contributed by atoms with Gasteiger partial charge in [0, 0.05) is 16.1 Å². The van der Waals surface area contributed by atoms with Gasteiger partial charge in [-0.05, 0) is 30.3 Å². The minimum Gasteiger partial charge on any atom is -0.454 e. The molecule has 2 heterocycles. The Morgan fingerprint density at radius 1 is 0.885 bits per heavy atom. The first-order valence-electron chi connectivity index (χ1n) is 8.20. The molecule has 1 aliphatic heterocycles. The lowest BCUT2D eigenvalue weighted by atomic mass is 10.0. The highest BCUT2D eigenvalue weighted by molar-refractivity contribution is 6.30. The first-order valence-corrected chi connectivity index (χ1v) is 8.58. The summed E-state index contributed by atoms with van der Waals surface area (Å²) in [4.78, 5) is 15.9. The van der Waals surface area contributed by atoms with Crippen LogP contribution < -0.4 is 10.4 Å². The molecule has 3 aromatic carbocycles. The molecule has 0 unspecified atom stereocenters. The van der Waals surface area contributed by atoms with E-state index in [0.717, 1.165) is 22.5 Å². The molecule has 0 radical (unpaired) electrons. The first-order chi connectivity index (χ1) is 12.7. The molecule has 4 nitrogen and oxygen atoms in total. The molecular formula is C21H13ClN2O2. The molecule has 0 amide bonds. The average molecular weight is 361 g/mol. The quantitative estimate of drug-likeness (QED) is 0.443. The predicted molar refractivity (Wildman–Crippen MR) is 102 cm³/mol. The highest BCUT2D eigenvalue weighted by Crippen LogP contribution is 2.44. The summed E-state index contributed by atoms with van der Waals surface area (Å²) in [6, 6.07) is 22.8. The standard InChI is InChI=1S/C21H13ClN2O2/c22-14-10-11-18-16(12-14)24-20(15-8-4-5-9-17(15)26-18)19(23-21(24)25)13-6-2-1-3-7-13/h1-12H,(H,23,25). The monoisotopic (exact) mass is 360 g/mol. The minimum absolute atomic E-state index is 0.234. The summed E-state index contributed by atoms with van der Waals surface area (Å²) in [6.07, 6.45) is 0. The van der Waals surface area contributed by atoms with Crippen LogP contribution in [0.15, 0.2) is 77.6 Å². The number of benzene rings is 3. The van der Waals surface area contributed by atoms with Gasteiger partial charge in [-0.2, -0.15) is 0 Å². The molecule has 0 saturated heterocycles. The third-order valence-corrected chi connectivity index (χ3v) is 4.72. The normalized spacial score (nSPS) is 11.7. The van der Waals surface area contributed by atoms with E-state index in [1.54, 1.807) is 22.8 Å². The van der Waals surface area contributed by atoms with Gasteiger partial charge >= 0.3 is 5.69 Å². The third-order valence-electron chi connectivity index (χ3n) is 4.48. The Morgan fingerprint density at radius 3 is 2.50 bits per heavy atom. The highest BCUT2D eigenvalue weighted by atomic mass is 35.5. The fraction of sp³-hybridized carbons (Fsp3) is 0. The van der Waals surface area contributed by atoms with Crippen LogP contribution in [0.4, 0.5) is 0 Å². The Kier molecular flexibility index (Phi) is 3.27. The summed E-state index contributed by atoms with van der Waals surface area (Å²) in [5.41, 5.74) is 3.67. The van der Waals surface area contributed by atoms with Gasteiger partial charge in [0.1, 0.15) is 5.75 Å². The van der Waals surface area contributed by atoms with Crippen molar-refractivity contribution in [3.05, 3.63) is 88.3 Å². The smallest absolute Gasteiger partial charge is 0.331 e. The summed E-state index contributed by atoms with van der Waals surface area (Å²) < 4.78 is 7.75. The molecular weight excluding hydrogens is 348 g/mol. The van der Waals surface area contributed by atoms with Crippen molar-refractivity contribution in [1.82, 2.24) is 9.55 Å². The van der Waals surface area contributed by atoms with Crippen LogP contribution >= 0.6 is 11.6 Å². The summed E-state index contributed by atoms with van der Waals surface area (Å²) in [5, 5.41) is 0.540. The number of fused-ring (bicyclic) bond motifs is 5. The van der Waals surface area contributed by atoms with Crippen LogP contribution in [0.5, 0.6) is 11.5 Å². The number of rotatable bonds is 1. The lowest BCUT2D eigenvalue weighted by Gasteiger charge is -2.08. The van der Waals surface area contributed by atoms with Crippen molar-refractivity contribution < 1.29 is 4.74 Å². The van der Waals surface area contributed by atoms with Gasteiger partial charge < -0.3 is 9.72 Å². The van der Waals surface area contributed by atoms with E-state index in [1.807, 2.05) is 54.6 Å². The summed E-state index contributed by atoms with van der Waals surface area (Å²) in [5.74, 6) is 1.28. The van der Waals surface area contributed by atoms with Gasteiger partial charge in [-0.1, -0.05) is 54.1 Å². The van der Waals surface area contributed by atoms with Crippen LogP contribution in [0.3, 0.4) is 0 Å². The number of nitrogens with zero attached hydrogens (tertiary/aromatic N) is 1. The lowest BCUT2D eigenvalue weighted by Crippen LogP contribution is -2.15. The van der Waals surface area contributed by atoms with Crippen molar-refractivity contribution in [2.24, 2.45) is 0 Å². The Balaban J connectivity index is 1.94. The molecule has 1 aromatic heterocycles. The largest absolute Gasteiger partial charge is 0.454 e. The van der Waals surface area contributed by atoms with Crippen LogP contribution in [0.25, 0.3) is 28.2 Å². The number of aromatic amines is 1. The van der Waals surface area contributed by atoms with Crippen molar-refractivity contribution in [3.8, 4) is 39.7 Å². The Hall–Kier alpha value is -3.24. The molecule has 26 heavy (non-hydrogen) atoms. The zero-order valence-electron chi connectivity index (χ0n) is 13.6. The number of hydrogen-bond acceptors (Lipinski definition) is 2. The number of aromatic nitrogens is 2. The second-order valence-corrected chi connectivity index (χ2v) is 6.50. The van der Waals surface area contributed by atoms with Gasteiger partial charge in [-0.15, -0.1) is 0 Å². The molecule has 5 rings (SSSR count). The van der Waals surface area contributed by atoms with Crippen LogP contribution in [0, 0.1) is 0 Å². The van der Waals surface area contributed by atoms with Crippen molar-refractivity contribution in [2.75, 3.05) is 0 Å². The van der Waals surface area contributed by atoms with Gasteiger partial charge in [-0.25, -0.2) is 4.79 Å². The van der Waals surface area contributed by atoms with E-state index in [2.05, 4.69) is 4.98 Å². The van der Waals surface area contributed by atoms with Gasteiger partial charge in [0.25, 0.3) is 0 Å². The van der Waals surface area contributed by atoms with Gasteiger partial charge in [0.15, 0.2) is 5.75 Å². The van der Waals surface area contributed by atoms with Crippen molar-refractivity contribution in [2.45, 2.75) is 0 Å². The number of hydrogen-bond donors (Lipinski definition) is 1. The molecule has 126 valence electrons. The third kappa shape index (κ3) is 2.20. The molecule has 0 spiro atoms. The number of H-pyrrole nitrogens is 1. The van der Waals surface area contributed by atoms with Gasteiger partial charge in [0.2, 0.25) is 0 Å². The topological polar surface area (TPSA) is 47.0 Å². The molecule has 1 aliphatic rings. The van der Waals surface area contributed by atoms with E-state index in [4.69, 9.17) is 16.3 Å². The van der Waals surface area contributed by atoms with Crippen molar-refractivity contribution in [3.63, 3.8) is 0 Å². The van der Waals surface area contributed by atoms with Crippen LogP contribution in [-0.4, -0.2) is 9.55 Å². The first kappa shape index (κ1) is 15.0. The molecule has 0 aliphatic carbocycles. The molecule has 0 fully saturated rings. The highest BCUT2D eigenvalue weighted by Gasteiger charge is 2.26. The number of halogens is 1. The summed E-state index contributed by atoms with van der Waals surface area (Å²) in [7, 11) is 0. The average Bonchev–Trinajstić information content (AvgIpc) is 2.93. The van der Waals surface area contributed by atoms with Crippen molar-refractivity contribution >= 4 is 11.6 Å². The predicted octanol–water partition coefficient (Wildman–Crippen LogP) is 5.26. The zero-order chi connectivity index (χ0) is 17.7. The number of nitrogens with one attached hydrogen (secondary N) is 1. The Morgan fingerprint density at radius 2 is 1.65 bits per heavy atom. The van der Waals surface area contributed by atoms with E-state index in [1.165, 1.54) is 0 Å². The van der Waals surface area contributed by atoms with E-state index < -0.39 is 0 Å². The fourth-order valence-electron chi connectivity index (χ4n) is 3.36. The van der Waals surface area contributed by atoms with Crippen LogP contribution in [-0.2, 0) is 0 Å². The molecule has 0 saturated carbocycles. The van der Waals surface area contributed by atoms with E-state index >= 15 is 0 Å². The SMILES string of the molecule is O=c1[nH]c(-c2ccccc2)c2n1-c1cc(Cl)ccc1Oc1ccccc1-2. The molecule has 0 bridgehead atoms.